The number of thiazole rings is 1. The fraction of sp³-hybridized carbons (Fsp3) is 0.0714. The van der Waals surface area contributed by atoms with Gasteiger partial charge in [-0.1, -0.05) is 11.3 Å². The molecule has 0 aliphatic rings. The Bertz CT molecular complexity index is 970. The number of sulfonamides is 1. The molecule has 0 aliphatic carbocycles. The van der Waals surface area contributed by atoms with Gasteiger partial charge in [0.2, 0.25) is 0 Å². The smallest absolute Gasteiger partial charge is 0.263 e. The zero-order valence-electron chi connectivity index (χ0n) is 11.7. The van der Waals surface area contributed by atoms with Gasteiger partial charge in [-0.15, -0.1) is 0 Å². The third-order valence-electron chi connectivity index (χ3n) is 3.00. The summed E-state index contributed by atoms with van der Waals surface area (Å²) >= 11 is 0.849. The van der Waals surface area contributed by atoms with Gasteiger partial charge in [0.25, 0.3) is 10.0 Å². The minimum absolute atomic E-state index is 0.00390. The van der Waals surface area contributed by atoms with Crippen LogP contribution in [0.25, 0.3) is 10.2 Å². The average molecular weight is 356 g/mol. The fourth-order valence-corrected chi connectivity index (χ4v) is 4.07. The van der Waals surface area contributed by atoms with Gasteiger partial charge >= 0.3 is 0 Å². The van der Waals surface area contributed by atoms with Crippen molar-refractivity contribution in [3.8, 4) is 5.75 Å². The summed E-state index contributed by atoms with van der Waals surface area (Å²) in [6.07, 6.45) is 0. The number of nitrogens with zero attached hydrogens (tertiary/aromatic N) is 1. The first-order valence-corrected chi connectivity index (χ1v) is 8.61. The van der Waals surface area contributed by atoms with Gasteiger partial charge in [-0.2, -0.15) is 0 Å². The van der Waals surface area contributed by atoms with E-state index in [-0.39, 0.29) is 20.2 Å². The van der Waals surface area contributed by atoms with Crippen LogP contribution in [0.4, 0.5) is 13.9 Å². The van der Waals surface area contributed by atoms with Gasteiger partial charge in [-0.3, -0.25) is 4.72 Å². The number of methoxy groups -OCH3 is 1. The van der Waals surface area contributed by atoms with E-state index in [4.69, 9.17) is 4.74 Å². The van der Waals surface area contributed by atoms with E-state index in [0.717, 1.165) is 17.4 Å². The van der Waals surface area contributed by atoms with Crippen LogP contribution in [0.2, 0.25) is 0 Å². The normalized spacial score (nSPS) is 11.6. The van der Waals surface area contributed by atoms with Gasteiger partial charge in [0.1, 0.15) is 17.1 Å². The van der Waals surface area contributed by atoms with E-state index in [1.54, 1.807) is 0 Å². The summed E-state index contributed by atoms with van der Waals surface area (Å²) in [6.45, 7) is 0. The first-order valence-electron chi connectivity index (χ1n) is 6.31. The molecule has 1 aromatic heterocycles. The molecule has 3 aromatic rings. The molecule has 0 radical (unpaired) electrons. The highest BCUT2D eigenvalue weighted by Crippen LogP contribution is 2.30. The molecule has 0 amide bonds. The van der Waals surface area contributed by atoms with Crippen LogP contribution >= 0.6 is 11.3 Å². The van der Waals surface area contributed by atoms with E-state index in [1.807, 2.05) is 0 Å². The molecule has 0 saturated carbocycles. The minimum atomic E-state index is -3.88. The van der Waals surface area contributed by atoms with Crippen molar-refractivity contribution in [2.45, 2.75) is 4.90 Å². The van der Waals surface area contributed by atoms with Crippen molar-refractivity contribution in [1.82, 2.24) is 4.98 Å². The second-order valence-corrected chi connectivity index (χ2v) is 7.25. The Labute approximate surface area is 134 Å². The van der Waals surface area contributed by atoms with Crippen molar-refractivity contribution in [3.05, 3.63) is 48.0 Å². The highest BCUT2D eigenvalue weighted by molar-refractivity contribution is 7.93. The van der Waals surface area contributed by atoms with Crippen LogP contribution < -0.4 is 9.46 Å². The van der Waals surface area contributed by atoms with Crippen molar-refractivity contribution >= 4 is 36.7 Å². The summed E-state index contributed by atoms with van der Waals surface area (Å²) in [5, 5.41) is -0.0414. The van der Waals surface area contributed by atoms with E-state index in [1.165, 1.54) is 31.4 Å². The molecule has 5 nitrogen and oxygen atoms in total. The fourth-order valence-electron chi connectivity index (χ4n) is 1.93. The molecular weight excluding hydrogens is 346 g/mol. The number of hydrogen-bond acceptors (Lipinski definition) is 5. The SMILES string of the molecule is COc1ccc(S(=O)(=O)Nc2nc3c(F)cc(F)cc3s2)cc1. The number of ether oxygens (including phenoxy) is 1. The largest absolute Gasteiger partial charge is 0.497 e. The van der Waals surface area contributed by atoms with Crippen LogP contribution in [0.5, 0.6) is 5.75 Å². The van der Waals surface area contributed by atoms with Crippen molar-refractivity contribution in [2.75, 3.05) is 11.8 Å². The Morgan fingerprint density at radius 3 is 2.52 bits per heavy atom. The summed E-state index contributed by atoms with van der Waals surface area (Å²) in [6, 6.07) is 7.54. The molecule has 2 aromatic carbocycles. The molecule has 0 saturated heterocycles. The van der Waals surface area contributed by atoms with Gasteiger partial charge in [0.05, 0.1) is 16.7 Å². The number of aromatic nitrogens is 1. The Kier molecular flexibility index (Phi) is 3.90. The molecule has 120 valence electrons. The molecule has 9 heteroatoms. The second kappa shape index (κ2) is 5.74. The first-order chi connectivity index (χ1) is 10.9. The number of fused-ring (bicyclic) bond motifs is 1. The maximum absolute atomic E-state index is 13.6. The molecule has 0 fully saturated rings. The molecule has 0 bridgehead atoms. The predicted molar refractivity (Wildman–Crippen MR) is 83.3 cm³/mol. The third kappa shape index (κ3) is 3.10. The number of nitrogens with one attached hydrogen (secondary N) is 1. The highest BCUT2D eigenvalue weighted by Gasteiger charge is 2.18. The third-order valence-corrected chi connectivity index (χ3v) is 5.41. The van der Waals surface area contributed by atoms with Gasteiger partial charge < -0.3 is 4.74 Å². The minimum Gasteiger partial charge on any atom is -0.497 e. The van der Waals surface area contributed by atoms with Gasteiger partial charge in [-0.05, 0) is 30.3 Å². The van der Waals surface area contributed by atoms with Crippen LogP contribution in [0.3, 0.4) is 0 Å². The monoisotopic (exact) mass is 356 g/mol. The van der Waals surface area contributed by atoms with Crippen LogP contribution in [-0.4, -0.2) is 20.5 Å². The van der Waals surface area contributed by atoms with Crippen LogP contribution in [-0.2, 0) is 10.0 Å². The standard InChI is InChI=1S/C14H10F2N2O3S2/c1-21-9-2-4-10(5-3-9)23(19,20)18-14-17-13-11(16)6-8(15)7-12(13)22-14/h2-7H,1H3,(H,17,18). The Morgan fingerprint density at radius 1 is 1.17 bits per heavy atom. The molecule has 0 spiro atoms. The lowest BCUT2D eigenvalue weighted by atomic mass is 10.3. The van der Waals surface area contributed by atoms with Gasteiger partial charge in [0, 0.05) is 6.07 Å². The highest BCUT2D eigenvalue weighted by atomic mass is 32.2. The Balaban J connectivity index is 1.95. The predicted octanol–water partition coefficient (Wildman–Crippen LogP) is 3.38. The van der Waals surface area contributed by atoms with Gasteiger partial charge in [0.15, 0.2) is 10.9 Å². The summed E-state index contributed by atoms with van der Waals surface area (Å²) in [5.41, 5.74) is -0.0798. The van der Waals surface area contributed by atoms with Crippen molar-refractivity contribution in [2.24, 2.45) is 0 Å². The molecule has 1 heterocycles. The lowest BCUT2D eigenvalue weighted by molar-refractivity contribution is 0.414. The Hall–Kier alpha value is -2.26. The van der Waals surface area contributed by atoms with E-state index in [2.05, 4.69) is 9.71 Å². The van der Waals surface area contributed by atoms with E-state index >= 15 is 0 Å². The van der Waals surface area contributed by atoms with Crippen LogP contribution in [0.1, 0.15) is 0 Å². The summed E-state index contributed by atoms with van der Waals surface area (Å²) < 4.78 is 58.8. The summed E-state index contributed by atoms with van der Waals surface area (Å²) in [4.78, 5) is 3.86. The number of benzene rings is 2. The van der Waals surface area contributed by atoms with E-state index in [0.29, 0.717) is 11.8 Å². The molecule has 0 aliphatic heterocycles. The van der Waals surface area contributed by atoms with Crippen LogP contribution in [0, 0.1) is 11.6 Å². The molecular formula is C14H10F2N2O3S2. The Morgan fingerprint density at radius 2 is 1.87 bits per heavy atom. The lowest BCUT2D eigenvalue weighted by Crippen LogP contribution is -2.12. The van der Waals surface area contributed by atoms with E-state index in [9.17, 15) is 17.2 Å². The van der Waals surface area contributed by atoms with Crippen molar-refractivity contribution in [3.63, 3.8) is 0 Å². The van der Waals surface area contributed by atoms with Crippen molar-refractivity contribution < 1.29 is 21.9 Å². The summed E-state index contributed by atoms with van der Waals surface area (Å²) in [5.74, 6) is -1.07. The maximum atomic E-state index is 13.6. The first kappa shape index (κ1) is 15.6. The molecule has 23 heavy (non-hydrogen) atoms. The summed E-state index contributed by atoms with van der Waals surface area (Å²) in [7, 11) is -2.41. The molecule has 0 unspecified atom stereocenters. The zero-order chi connectivity index (χ0) is 16.6. The molecule has 3 rings (SSSR count). The number of hydrogen-bond donors (Lipinski definition) is 1. The number of anilines is 1. The quantitative estimate of drug-likeness (QED) is 0.778. The van der Waals surface area contributed by atoms with Gasteiger partial charge in [-0.25, -0.2) is 22.2 Å². The average Bonchev–Trinajstić information content (AvgIpc) is 2.89. The van der Waals surface area contributed by atoms with Crippen molar-refractivity contribution in [1.29, 1.82) is 0 Å². The van der Waals surface area contributed by atoms with E-state index < -0.39 is 21.7 Å². The topological polar surface area (TPSA) is 68.3 Å². The number of halogens is 2. The zero-order valence-corrected chi connectivity index (χ0v) is 13.3. The van der Waals surface area contributed by atoms with Crippen LogP contribution in [0.15, 0.2) is 41.3 Å². The lowest BCUT2D eigenvalue weighted by Gasteiger charge is -2.05. The second-order valence-electron chi connectivity index (χ2n) is 4.53. The molecule has 1 N–H and O–H groups in total. The maximum Gasteiger partial charge on any atom is 0.263 e. The number of rotatable bonds is 4. The molecule has 0 atom stereocenters.